The van der Waals surface area contributed by atoms with Gasteiger partial charge in [0.2, 0.25) is 0 Å². The first-order valence-electron chi connectivity index (χ1n) is 4.86. The summed E-state index contributed by atoms with van der Waals surface area (Å²) in [4.78, 5) is 5.16. The minimum absolute atomic E-state index is 0.0292. The number of hydrogen-bond donors (Lipinski definition) is 1. The molecule has 3 nitrogen and oxygen atoms in total. The third kappa shape index (κ3) is 3.06. The number of alkyl halides is 3. The standard InChI is InChI=1S/C10H12F3N3S/c1-3-16(2)9-6(8(14)17)4-5-7(15-9)10(11,12)13/h4-5H,3H2,1-2H3,(H2,14,17). The van der Waals surface area contributed by atoms with Crippen molar-refractivity contribution >= 4 is 23.0 Å². The molecule has 0 radical (unpaired) electrons. The molecule has 7 heteroatoms. The molecule has 94 valence electrons. The highest BCUT2D eigenvalue weighted by molar-refractivity contribution is 7.80. The number of rotatable bonds is 3. The molecule has 17 heavy (non-hydrogen) atoms. The number of thiocarbonyl (C=S) groups is 1. The van der Waals surface area contributed by atoms with Gasteiger partial charge in [-0.3, -0.25) is 0 Å². The zero-order valence-electron chi connectivity index (χ0n) is 9.38. The second-order valence-corrected chi connectivity index (χ2v) is 3.88. The Morgan fingerprint density at radius 1 is 1.47 bits per heavy atom. The average molecular weight is 263 g/mol. The molecule has 0 aliphatic rings. The van der Waals surface area contributed by atoms with Crippen LogP contribution in [0.5, 0.6) is 0 Å². The molecule has 0 fully saturated rings. The molecule has 1 rings (SSSR count). The van der Waals surface area contributed by atoms with Crippen molar-refractivity contribution in [2.24, 2.45) is 5.73 Å². The molecule has 2 N–H and O–H groups in total. The molecule has 0 bridgehead atoms. The summed E-state index contributed by atoms with van der Waals surface area (Å²) in [5.41, 5.74) is 4.84. The molecule has 1 heterocycles. The molecule has 1 aromatic rings. The van der Waals surface area contributed by atoms with Crippen molar-refractivity contribution in [1.82, 2.24) is 4.98 Å². The van der Waals surface area contributed by atoms with Crippen LogP contribution in [-0.2, 0) is 6.18 Å². The molecule has 0 aliphatic carbocycles. The first-order valence-corrected chi connectivity index (χ1v) is 5.27. The van der Waals surface area contributed by atoms with Crippen LogP contribution < -0.4 is 10.6 Å². The van der Waals surface area contributed by atoms with E-state index in [1.807, 2.05) is 0 Å². The molecule has 0 spiro atoms. The molecule has 0 saturated carbocycles. The number of nitrogens with zero attached hydrogens (tertiary/aromatic N) is 2. The first-order chi connectivity index (χ1) is 7.77. The second kappa shape index (κ2) is 4.87. The Hall–Kier alpha value is -1.37. The summed E-state index contributed by atoms with van der Waals surface area (Å²) in [6.45, 7) is 2.30. The van der Waals surface area contributed by atoms with E-state index in [1.54, 1.807) is 18.9 Å². The van der Waals surface area contributed by atoms with Crippen molar-refractivity contribution in [3.63, 3.8) is 0 Å². The number of aromatic nitrogens is 1. The fourth-order valence-electron chi connectivity index (χ4n) is 1.24. The second-order valence-electron chi connectivity index (χ2n) is 3.44. The largest absolute Gasteiger partial charge is 0.433 e. The van der Waals surface area contributed by atoms with E-state index < -0.39 is 11.9 Å². The van der Waals surface area contributed by atoms with Gasteiger partial charge in [0.1, 0.15) is 16.5 Å². The highest BCUT2D eigenvalue weighted by Gasteiger charge is 2.33. The molecule has 0 aromatic carbocycles. The van der Waals surface area contributed by atoms with Gasteiger partial charge >= 0.3 is 6.18 Å². The summed E-state index contributed by atoms with van der Waals surface area (Å²) in [6, 6.07) is 2.13. The molecule has 0 unspecified atom stereocenters. The predicted octanol–water partition coefficient (Wildman–Crippen LogP) is 2.19. The Morgan fingerprint density at radius 3 is 2.47 bits per heavy atom. The van der Waals surface area contributed by atoms with Crippen LogP contribution in [0.2, 0.25) is 0 Å². The van der Waals surface area contributed by atoms with E-state index in [2.05, 4.69) is 4.98 Å². The average Bonchev–Trinajstić information content (AvgIpc) is 2.25. The van der Waals surface area contributed by atoms with Crippen molar-refractivity contribution in [2.45, 2.75) is 13.1 Å². The number of nitrogens with two attached hydrogens (primary N) is 1. The summed E-state index contributed by atoms with van der Waals surface area (Å²) >= 11 is 4.78. The number of hydrogen-bond acceptors (Lipinski definition) is 3. The van der Waals surface area contributed by atoms with Crippen molar-refractivity contribution in [2.75, 3.05) is 18.5 Å². The van der Waals surface area contributed by atoms with E-state index in [-0.39, 0.29) is 10.8 Å². The maximum atomic E-state index is 12.5. The third-order valence-electron chi connectivity index (χ3n) is 2.27. The van der Waals surface area contributed by atoms with E-state index in [4.69, 9.17) is 18.0 Å². The zero-order valence-corrected chi connectivity index (χ0v) is 10.2. The van der Waals surface area contributed by atoms with Gasteiger partial charge in [-0.2, -0.15) is 13.2 Å². The van der Waals surface area contributed by atoms with Crippen molar-refractivity contribution in [3.8, 4) is 0 Å². The maximum absolute atomic E-state index is 12.5. The molecular formula is C10H12F3N3S. The number of halogens is 3. The molecule has 0 amide bonds. The lowest BCUT2D eigenvalue weighted by Gasteiger charge is -2.20. The summed E-state index contributed by atoms with van der Waals surface area (Å²) in [5, 5.41) is 0. The van der Waals surface area contributed by atoms with Crippen LogP contribution >= 0.6 is 12.2 Å². The van der Waals surface area contributed by atoms with Gasteiger partial charge in [0.05, 0.1) is 5.56 Å². The van der Waals surface area contributed by atoms with Crippen LogP contribution in [0.15, 0.2) is 12.1 Å². The monoisotopic (exact) mass is 263 g/mol. The third-order valence-corrected chi connectivity index (χ3v) is 2.49. The Balaban J connectivity index is 3.34. The topological polar surface area (TPSA) is 42.2 Å². The highest BCUT2D eigenvalue weighted by atomic mass is 32.1. The molecule has 0 atom stereocenters. The zero-order chi connectivity index (χ0) is 13.2. The van der Waals surface area contributed by atoms with Gasteiger partial charge in [0, 0.05) is 13.6 Å². The predicted molar refractivity (Wildman–Crippen MR) is 64.1 cm³/mol. The number of pyridine rings is 1. The highest BCUT2D eigenvalue weighted by Crippen LogP contribution is 2.30. The van der Waals surface area contributed by atoms with Crippen LogP contribution in [0.3, 0.4) is 0 Å². The fourth-order valence-corrected chi connectivity index (χ4v) is 1.40. The Kier molecular flexibility index (Phi) is 3.92. The van der Waals surface area contributed by atoms with E-state index in [9.17, 15) is 13.2 Å². The van der Waals surface area contributed by atoms with Crippen LogP contribution in [0.1, 0.15) is 18.2 Å². The summed E-state index contributed by atoms with van der Waals surface area (Å²) < 4.78 is 37.6. The Labute approximate surface area is 102 Å². The van der Waals surface area contributed by atoms with Crippen LogP contribution in [-0.4, -0.2) is 23.6 Å². The minimum Gasteiger partial charge on any atom is -0.389 e. The van der Waals surface area contributed by atoms with Gasteiger partial charge < -0.3 is 10.6 Å². The molecule has 0 saturated heterocycles. The molecule has 0 aliphatic heterocycles. The van der Waals surface area contributed by atoms with Gasteiger partial charge in [-0.25, -0.2) is 4.98 Å². The number of anilines is 1. The van der Waals surface area contributed by atoms with Crippen LogP contribution in [0.4, 0.5) is 19.0 Å². The Morgan fingerprint density at radius 2 is 2.06 bits per heavy atom. The van der Waals surface area contributed by atoms with E-state index >= 15 is 0 Å². The molecular weight excluding hydrogens is 251 g/mol. The van der Waals surface area contributed by atoms with E-state index in [0.29, 0.717) is 12.1 Å². The maximum Gasteiger partial charge on any atom is 0.433 e. The van der Waals surface area contributed by atoms with Gasteiger partial charge in [0.25, 0.3) is 0 Å². The van der Waals surface area contributed by atoms with Crippen molar-refractivity contribution < 1.29 is 13.2 Å². The summed E-state index contributed by atoms with van der Waals surface area (Å²) in [7, 11) is 1.63. The van der Waals surface area contributed by atoms with Crippen LogP contribution in [0, 0.1) is 0 Å². The SMILES string of the molecule is CCN(C)c1nc(C(F)(F)F)ccc1C(N)=S. The smallest absolute Gasteiger partial charge is 0.389 e. The van der Waals surface area contributed by atoms with Gasteiger partial charge in [-0.1, -0.05) is 12.2 Å². The van der Waals surface area contributed by atoms with Gasteiger partial charge in [-0.05, 0) is 19.1 Å². The summed E-state index contributed by atoms with van der Waals surface area (Å²) in [6.07, 6.45) is -4.47. The summed E-state index contributed by atoms with van der Waals surface area (Å²) in [5.74, 6) is 0.148. The van der Waals surface area contributed by atoms with Crippen molar-refractivity contribution in [3.05, 3.63) is 23.4 Å². The van der Waals surface area contributed by atoms with Crippen LogP contribution in [0.25, 0.3) is 0 Å². The first kappa shape index (κ1) is 13.7. The minimum atomic E-state index is -4.47. The van der Waals surface area contributed by atoms with E-state index in [0.717, 1.165) is 6.07 Å². The van der Waals surface area contributed by atoms with Crippen molar-refractivity contribution in [1.29, 1.82) is 0 Å². The fraction of sp³-hybridized carbons (Fsp3) is 0.400. The lowest BCUT2D eigenvalue weighted by molar-refractivity contribution is -0.141. The van der Waals surface area contributed by atoms with E-state index in [1.165, 1.54) is 6.07 Å². The lowest BCUT2D eigenvalue weighted by atomic mass is 10.2. The normalized spacial score (nSPS) is 11.4. The lowest BCUT2D eigenvalue weighted by Crippen LogP contribution is -2.24. The van der Waals surface area contributed by atoms with Gasteiger partial charge in [-0.15, -0.1) is 0 Å². The van der Waals surface area contributed by atoms with Gasteiger partial charge in [0.15, 0.2) is 0 Å². The Bertz CT molecular complexity index is 431. The molecule has 1 aromatic heterocycles. The quantitative estimate of drug-likeness (QED) is 0.849.